The number of fused-ring (bicyclic) bond motifs is 1. The van der Waals surface area contributed by atoms with Gasteiger partial charge in [-0.3, -0.25) is 4.79 Å². The number of anilines is 1. The number of rotatable bonds is 3. The summed E-state index contributed by atoms with van der Waals surface area (Å²) in [4.78, 5) is 16.4. The highest BCUT2D eigenvalue weighted by molar-refractivity contribution is 6.30. The van der Waals surface area contributed by atoms with Gasteiger partial charge in [-0.25, -0.2) is 0 Å². The molecular weight excluding hydrogens is 304 g/mol. The molecule has 1 aromatic heterocycles. The van der Waals surface area contributed by atoms with Crippen molar-refractivity contribution in [3.63, 3.8) is 0 Å². The number of carbonyl (C=O) groups is 1. The second kappa shape index (κ2) is 5.81. The van der Waals surface area contributed by atoms with E-state index in [0.717, 1.165) is 11.3 Å². The second-order valence-electron chi connectivity index (χ2n) is 5.12. The molecule has 2 N–H and O–H groups in total. The van der Waals surface area contributed by atoms with Crippen LogP contribution in [0.2, 0.25) is 5.02 Å². The van der Waals surface area contributed by atoms with Gasteiger partial charge >= 0.3 is 0 Å². The smallest absolute Gasteiger partial charge is 0.248 e. The summed E-state index contributed by atoms with van der Waals surface area (Å²) in [6.07, 6.45) is 3.67. The van der Waals surface area contributed by atoms with Gasteiger partial charge in [0, 0.05) is 10.7 Å². The minimum Gasteiger partial charge on any atom is -0.370 e. The van der Waals surface area contributed by atoms with Gasteiger partial charge in [0.15, 0.2) is 5.82 Å². The van der Waals surface area contributed by atoms with Crippen molar-refractivity contribution >= 4 is 29.3 Å². The van der Waals surface area contributed by atoms with Gasteiger partial charge in [0.1, 0.15) is 12.1 Å². The fraction of sp³-hybridized carbons (Fsp3) is 0.267. The van der Waals surface area contributed by atoms with Gasteiger partial charge in [-0.15, -0.1) is 0 Å². The third-order valence-electron chi connectivity index (χ3n) is 3.35. The number of amides is 1. The SMILES string of the molecule is Cc1noc(C(C)NC(=O)C2C=Cc3cc(Cl)ccc3N2)n1. The van der Waals surface area contributed by atoms with Gasteiger partial charge in [-0.2, -0.15) is 4.98 Å². The molecule has 1 aliphatic heterocycles. The van der Waals surface area contributed by atoms with E-state index >= 15 is 0 Å². The largest absolute Gasteiger partial charge is 0.370 e. The van der Waals surface area contributed by atoms with E-state index in [-0.39, 0.29) is 11.9 Å². The lowest BCUT2D eigenvalue weighted by atomic mass is 10.0. The molecular formula is C15H15ClN4O2. The summed E-state index contributed by atoms with van der Waals surface area (Å²) in [6, 6.07) is 4.67. The summed E-state index contributed by atoms with van der Waals surface area (Å²) in [7, 11) is 0. The van der Waals surface area contributed by atoms with Gasteiger partial charge in [0.2, 0.25) is 11.8 Å². The molecule has 1 aromatic carbocycles. The molecule has 0 fully saturated rings. The Kier molecular flexibility index (Phi) is 3.85. The standard InChI is InChI=1S/C15H15ClN4O2/c1-8(15-18-9(2)20-22-15)17-14(21)13-5-3-10-7-11(16)4-6-12(10)19-13/h3-8,13,19H,1-2H3,(H,17,21). The van der Waals surface area contributed by atoms with Crippen molar-refractivity contribution < 1.29 is 9.32 Å². The van der Waals surface area contributed by atoms with Crippen molar-refractivity contribution in [1.29, 1.82) is 0 Å². The van der Waals surface area contributed by atoms with Gasteiger partial charge in [-0.05, 0) is 37.6 Å². The lowest BCUT2D eigenvalue weighted by molar-refractivity contribution is -0.121. The molecule has 0 bridgehead atoms. The van der Waals surface area contributed by atoms with E-state index in [0.29, 0.717) is 16.7 Å². The maximum absolute atomic E-state index is 12.3. The number of benzene rings is 1. The highest BCUT2D eigenvalue weighted by atomic mass is 35.5. The first-order valence-electron chi connectivity index (χ1n) is 6.88. The van der Waals surface area contributed by atoms with Crippen molar-refractivity contribution in [1.82, 2.24) is 15.5 Å². The molecule has 3 rings (SSSR count). The normalized spacial score (nSPS) is 17.5. The van der Waals surface area contributed by atoms with E-state index in [2.05, 4.69) is 20.8 Å². The van der Waals surface area contributed by atoms with E-state index < -0.39 is 6.04 Å². The Labute approximate surface area is 132 Å². The number of nitrogens with zero attached hydrogens (tertiary/aromatic N) is 2. The number of carbonyl (C=O) groups excluding carboxylic acids is 1. The van der Waals surface area contributed by atoms with E-state index in [1.165, 1.54) is 0 Å². The number of aryl methyl sites for hydroxylation is 1. The Bertz CT molecular complexity index is 741. The second-order valence-corrected chi connectivity index (χ2v) is 5.56. The van der Waals surface area contributed by atoms with Gasteiger partial charge in [0.25, 0.3) is 0 Å². The summed E-state index contributed by atoms with van der Waals surface area (Å²) < 4.78 is 5.05. The molecule has 6 nitrogen and oxygen atoms in total. The van der Waals surface area contributed by atoms with Crippen LogP contribution < -0.4 is 10.6 Å². The fourth-order valence-electron chi connectivity index (χ4n) is 2.23. The zero-order valence-electron chi connectivity index (χ0n) is 12.1. The first kappa shape index (κ1) is 14.6. The Morgan fingerprint density at radius 1 is 1.50 bits per heavy atom. The minimum absolute atomic E-state index is 0.166. The highest BCUT2D eigenvalue weighted by Gasteiger charge is 2.23. The molecule has 2 unspecified atom stereocenters. The van der Waals surface area contributed by atoms with Crippen LogP contribution in [0.15, 0.2) is 28.8 Å². The van der Waals surface area contributed by atoms with Crippen molar-refractivity contribution in [3.05, 3.63) is 46.6 Å². The van der Waals surface area contributed by atoms with Crippen LogP contribution in [0, 0.1) is 6.92 Å². The average molecular weight is 319 g/mol. The third-order valence-corrected chi connectivity index (χ3v) is 3.58. The Morgan fingerprint density at radius 3 is 3.05 bits per heavy atom. The summed E-state index contributed by atoms with van der Waals surface area (Å²) in [5.41, 5.74) is 1.82. The average Bonchev–Trinajstić information content (AvgIpc) is 2.93. The molecule has 2 aromatic rings. The number of nitrogens with one attached hydrogen (secondary N) is 2. The molecule has 0 saturated carbocycles. The van der Waals surface area contributed by atoms with E-state index in [1.807, 2.05) is 18.2 Å². The molecule has 7 heteroatoms. The Balaban J connectivity index is 1.68. The van der Waals surface area contributed by atoms with Crippen LogP contribution in [0.5, 0.6) is 0 Å². The van der Waals surface area contributed by atoms with Crippen LogP contribution in [-0.2, 0) is 4.79 Å². The molecule has 1 aliphatic rings. The van der Waals surface area contributed by atoms with Crippen LogP contribution in [0.3, 0.4) is 0 Å². The lowest BCUT2D eigenvalue weighted by Crippen LogP contribution is -2.40. The number of hydrogen-bond acceptors (Lipinski definition) is 5. The van der Waals surface area contributed by atoms with Gasteiger partial charge in [-0.1, -0.05) is 28.9 Å². The van der Waals surface area contributed by atoms with E-state index in [9.17, 15) is 4.79 Å². The summed E-state index contributed by atoms with van der Waals surface area (Å²) in [6.45, 7) is 3.53. The molecule has 0 saturated heterocycles. The maximum Gasteiger partial charge on any atom is 0.248 e. The van der Waals surface area contributed by atoms with Crippen molar-refractivity contribution in [2.24, 2.45) is 0 Å². The zero-order valence-corrected chi connectivity index (χ0v) is 12.9. The summed E-state index contributed by atoms with van der Waals surface area (Å²) >= 11 is 5.95. The topological polar surface area (TPSA) is 80.0 Å². The van der Waals surface area contributed by atoms with Crippen LogP contribution in [0.1, 0.15) is 30.2 Å². The molecule has 0 aliphatic carbocycles. The molecule has 2 atom stereocenters. The van der Waals surface area contributed by atoms with Crippen molar-refractivity contribution in [2.45, 2.75) is 25.9 Å². The molecule has 22 heavy (non-hydrogen) atoms. The first-order chi connectivity index (χ1) is 10.5. The van der Waals surface area contributed by atoms with E-state index in [4.69, 9.17) is 16.1 Å². The predicted molar refractivity (Wildman–Crippen MR) is 83.5 cm³/mol. The quantitative estimate of drug-likeness (QED) is 0.909. The van der Waals surface area contributed by atoms with Crippen molar-refractivity contribution in [3.8, 4) is 0 Å². The maximum atomic E-state index is 12.3. The molecule has 114 valence electrons. The van der Waals surface area contributed by atoms with Crippen LogP contribution in [0.4, 0.5) is 5.69 Å². The van der Waals surface area contributed by atoms with Crippen LogP contribution in [0.25, 0.3) is 6.08 Å². The van der Waals surface area contributed by atoms with Crippen molar-refractivity contribution in [2.75, 3.05) is 5.32 Å². The number of aromatic nitrogens is 2. The van der Waals surface area contributed by atoms with Crippen LogP contribution in [-0.4, -0.2) is 22.1 Å². The van der Waals surface area contributed by atoms with E-state index in [1.54, 1.807) is 26.0 Å². The summed E-state index contributed by atoms with van der Waals surface area (Å²) in [5.74, 6) is 0.760. The first-order valence-corrected chi connectivity index (χ1v) is 7.25. The zero-order chi connectivity index (χ0) is 15.7. The molecule has 0 spiro atoms. The highest BCUT2D eigenvalue weighted by Crippen LogP contribution is 2.26. The molecule has 1 amide bonds. The summed E-state index contributed by atoms with van der Waals surface area (Å²) in [5, 5.41) is 10.4. The number of hydrogen-bond donors (Lipinski definition) is 2. The fourth-order valence-corrected chi connectivity index (χ4v) is 2.41. The third kappa shape index (κ3) is 2.96. The minimum atomic E-state index is -0.458. The molecule has 0 radical (unpaired) electrons. The predicted octanol–water partition coefficient (Wildman–Crippen LogP) is 2.72. The lowest BCUT2D eigenvalue weighted by Gasteiger charge is -2.22. The van der Waals surface area contributed by atoms with Crippen LogP contribution >= 0.6 is 11.6 Å². The van der Waals surface area contributed by atoms with Gasteiger partial charge in [0.05, 0.1) is 0 Å². The Morgan fingerprint density at radius 2 is 2.32 bits per heavy atom. The monoisotopic (exact) mass is 318 g/mol. The van der Waals surface area contributed by atoms with Gasteiger partial charge < -0.3 is 15.2 Å². The number of halogens is 1. The molecule has 2 heterocycles. The Hall–Kier alpha value is -2.34.